The Morgan fingerprint density at radius 1 is 0.933 bits per heavy atom. The van der Waals surface area contributed by atoms with E-state index in [9.17, 15) is 0 Å². The van der Waals surface area contributed by atoms with Crippen molar-refractivity contribution in [2.45, 2.75) is 19.3 Å². The standard InChI is InChI=1S/C10H13O.3H2O.Sn/c11-9-5-4-8-10-6-2-1-3-7-10;;;;/h1-3,6-7H,4-5,8-9H2;3*1H2;/q-1;;;;+1. The maximum absolute atomic E-state index is 5.07. The molecule has 0 aliphatic heterocycles. The normalized spacial score (nSPS) is 8.07. The molecule has 0 aromatic heterocycles. The Morgan fingerprint density at radius 3 is 2.07 bits per heavy atom. The number of hydrogen-bond donors (Lipinski definition) is 0. The Morgan fingerprint density at radius 2 is 1.53 bits per heavy atom. The van der Waals surface area contributed by atoms with Crippen LogP contribution in [0.5, 0.6) is 0 Å². The van der Waals surface area contributed by atoms with Crippen LogP contribution < -0.4 is 0 Å². The summed E-state index contributed by atoms with van der Waals surface area (Å²) < 4.78 is 5.07. The molecule has 87 valence electrons. The first-order chi connectivity index (χ1) is 5.93. The number of benzene rings is 1. The molecule has 0 amide bonds. The number of unbranched alkanes of at least 4 members (excludes halogenated alkanes) is 1. The third-order valence-electron chi connectivity index (χ3n) is 1.80. The topological polar surface area (TPSA) is 104 Å². The molecule has 1 rings (SSSR count). The Hall–Kier alpha value is -0.141. The fourth-order valence-corrected chi connectivity index (χ4v) is 1.56. The average Bonchev–Trinajstić information content (AvgIpc) is 2.14. The quantitative estimate of drug-likeness (QED) is 0.536. The van der Waals surface area contributed by atoms with Gasteiger partial charge >= 0.3 is 87.8 Å². The molecule has 0 fully saturated rings. The molecule has 0 bridgehead atoms. The molecular formula is C10H19O4Sn. The van der Waals surface area contributed by atoms with Crippen molar-refractivity contribution in [2.75, 3.05) is 6.61 Å². The summed E-state index contributed by atoms with van der Waals surface area (Å²) in [5.41, 5.74) is 1.43. The molecule has 0 unspecified atom stereocenters. The van der Waals surface area contributed by atoms with Gasteiger partial charge in [0.05, 0.1) is 0 Å². The van der Waals surface area contributed by atoms with Crippen LogP contribution in [0.15, 0.2) is 30.3 Å². The third kappa shape index (κ3) is 10.1. The van der Waals surface area contributed by atoms with Gasteiger partial charge < -0.3 is 16.4 Å². The van der Waals surface area contributed by atoms with Crippen LogP contribution in [0.2, 0.25) is 0 Å². The van der Waals surface area contributed by atoms with Crippen molar-refractivity contribution in [2.24, 2.45) is 0 Å². The van der Waals surface area contributed by atoms with E-state index in [4.69, 9.17) is 3.07 Å². The van der Waals surface area contributed by atoms with E-state index in [-0.39, 0.29) is 16.4 Å². The third-order valence-corrected chi connectivity index (χ3v) is 2.39. The Kier molecular flexibility index (Phi) is 18.7. The van der Waals surface area contributed by atoms with Crippen LogP contribution >= 0.6 is 0 Å². The second kappa shape index (κ2) is 13.9. The van der Waals surface area contributed by atoms with Gasteiger partial charge in [0.15, 0.2) is 0 Å². The van der Waals surface area contributed by atoms with E-state index >= 15 is 0 Å². The van der Waals surface area contributed by atoms with Crippen LogP contribution in [0, 0.1) is 0 Å². The molecular weight excluding hydrogens is 303 g/mol. The van der Waals surface area contributed by atoms with Gasteiger partial charge in [0.25, 0.3) is 0 Å². The van der Waals surface area contributed by atoms with Crippen molar-refractivity contribution in [1.29, 1.82) is 0 Å². The summed E-state index contributed by atoms with van der Waals surface area (Å²) in [5, 5.41) is 0. The molecule has 0 spiro atoms. The number of hydrogen-bond acceptors (Lipinski definition) is 1. The zero-order valence-corrected chi connectivity index (χ0v) is 11.5. The molecule has 0 atom stereocenters. The first kappa shape index (κ1) is 20.3. The zero-order valence-electron chi connectivity index (χ0n) is 8.62. The monoisotopic (exact) mass is 323 g/mol. The van der Waals surface area contributed by atoms with Crippen LogP contribution in [0.3, 0.4) is 0 Å². The van der Waals surface area contributed by atoms with Crippen molar-refractivity contribution in [3.8, 4) is 0 Å². The molecule has 0 saturated carbocycles. The van der Waals surface area contributed by atoms with E-state index in [1.54, 1.807) is 0 Å². The van der Waals surface area contributed by atoms with Gasteiger partial charge in [-0.05, 0) is 0 Å². The van der Waals surface area contributed by atoms with Crippen molar-refractivity contribution < 1.29 is 19.5 Å². The molecule has 0 heterocycles. The van der Waals surface area contributed by atoms with Crippen molar-refractivity contribution in [3.63, 3.8) is 0 Å². The summed E-state index contributed by atoms with van der Waals surface area (Å²) in [7, 11) is 0. The first-order valence-corrected chi connectivity index (χ1v) is 5.42. The van der Waals surface area contributed by atoms with Gasteiger partial charge in [0.1, 0.15) is 0 Å². The molecule has 4 nitrogen and oxygen atoms in total. The van der Waals surface area contributed by atoms with Gasteiger partial charge in [-0.25, -0.2) is 0 Å². The van der Waals surface area contributed by atoms with Gasteiger partial charge in [-0.2, -0.15) is 0 Å². The predicted molar refractivity (Wildman–Crippen MR) is 61.9 cm³/mol. The molecule has 15 heavy (non-hydrogen) atoms. The fourth-order valence-electron chi connectivity index (χ4n) is 1.15. The SMILES string of the molecule is O.O.O.[Sn][O]CCCCc1ccccc1. The van der Waals surface area contributed by atoms with E-state index in [1.807, 2.05) is 0 Å². The van der Waals surface area contributed by atoms with Crippen LogP contribution in [-0.2, 0) is 9.49 Å². The molecule has 0 saturated heterocycles. The van der Waals surface area contributed by atoms with Gasteiger partial charge in [0.2, 0.25) is 0 Å². The van der Waals surface area contributed by atoms with Crippen molar-refractivity contribution >= 4 is 22.9 Å². The molecule has 1 aromatic carbocycles. The summed E-state index contributed by atoms with van der Waals surface area (Å²) in [5.74, 6) is 0. The van der Waals surface area contributed by atoms with E-state index in [0.717, 1.165) is 6.61 Å². The Labute approximate surface area is 104 Å². The zero-order chi connectivity index (χ0) is 8.65. The second-order valence-electron chi connectivity index (χ2n) is 2.79. The molecule has 6 N–H and O–H groups in total. The summed E-state index contributed by atoms with van der Waals surface area (Å²) in [6, 6.07) is 10.6. The summed E-state index contributed by atoms with van der Waals surface area (Å²) in [6.45, 7) is 0.922. The van der Waals surface area contributed by atoms with Crippen molar-refractivity contribution in [3.05, 3.63) is 35.9 Å². The fraction of sp³-hybridized carbons (Fsp3) is 0.400. The first-order valence-electron chi connectivity index (χ1n) is 4.26. The predicted octanol–water partition coefficient (Wildman–Crippen LogP) is -0.365. The summed E-state index contributed by atoms with van der Waals surface area (Å²) >= 11 is 1.18. The van der Waals surface area contributed by atoms with E-state index in [1.165, 1.54) is 47.8 Å². The van der Waals surface area contributed by atoms with Crippen LogP contribution in [0.25, 0.3) is 0 Å². The van der Waals surface area contributed by atoms with Gasteiger partial charge in [0, 0.05) is 0 Å². The second-order valence-corrected chi connectivity index (χ2v) is 3.62. The molecule has 0 aliphatic carbocycles. The van der Waals surface area contributed by atoms with Crippen LogP contribution in [-0.4, -0.2) is 46.0 Å². The summed E-state index contributed by atoms with van der Waals surface area (Å²) in [6.07, 6.45) is 3.60. The molecule has 5 heteroatoms. The van der Waals surface area contributed by atoms with Gasteiger partial charge in [-0.15, -0.1) is 0 Å². The molecule has 0 aliphatic rings. The Bertz CT molecular complexity index is 206. The Balaban J connectivity index is -0.000000480. The van der Waals surface area contributed by atoms with Gasteiger partial charge in [-0.3, -0.25) is 0 Å². The molecule has 3 radical (unpaired) electrons. The minimum absolute atomic E-state index is 0. The summed E-state index contributed by atoms with van der Waals surface area (Å²) in [4.78, 5) is 0. The van der Waals surface area contributed by atoms with E-state index in [2.05, 4.69) is 30.3 Å². The average molecular weight is 322 g/mol. The van der Waals surface area contributed by atoms with E-state index in [0.29, 0.717) is 0 Å². The number of rotatable bonds is 5. The van der Waals surface area contributed by atoms with Crippen LogP contribution in [0.1, 0.15) is 18.4 Å². The van der Waals surface area contributed by atoms with Gasteiger partial charge in [-0.1, -0.05) is 0 Å². The van der Waals surface area contributed by atoms with Crippen molar-refractivity contribution in [1.82, 2.24) is 0 Å². The van der Waals surface area contributed by atoms with E-state index < -0.39 is 0 Å². The minimum atomic E-state index is 0. The molecule has 1 aromatic rings. The van der Waals surface area contributed by atoms with Crippen LogP contribution in [0.4, 0.5) is 0 Å². The number of aryl methyl sites for hydroxylation is 1. The maximum atomic E-state index is 5.07.